The van der Waals surface area contributed by atoms with Crippen LogP contribution < -0.4 is 5.73 Å². The molecule has 0 amide bonds. The summed E-state index contributed by atoms with van der Waals surface area (Å²) in [7, 11) is 0. The highest BCUT2D eigenvalue weighted by Crippen LogP contribution is 2.34. The lowest BCUT2D eigenvalue weighted by Crippen LogP contribution is -2.28. The zero-order valence-corrected chi connectivity index (χ0v) is 11.2. The average Bonchev–Trinajstić information content (AvgIpc) is 2.38. The fourth-order valence-corrected chi connectivity index (χ4v) is 1.98. The molecular weight excluding hydrogens is 255 g/mol. The molecule has 1 heterocycles. The van der Waals surface area contributed by atoms with Crippen molar-refractivity contribution in [3.63, 3.8) is 0 Å². The van der Waals surface area contributed by atoms with Crippen LogP contribution >= 0.6 is 0 Å². The SMILES string of the molecule is CCN(CC)CCC(N)c1cnccc1C(F)(F)F. The van der Waals surface area contributed by atoms with Crippen molar-refractivity contribution >= 4 is 0 Å². The number of hydrogen-bond donors (Lipinski definition) is 1. The minimum Gasteiger partial charge on any atom is -0.324 e. The molecule has 0 radical (unpaired) electrons. The average molecular weight is 275 g/mol. The number of aromatic nitrogens is 1. The lowest BCUT2D eigenvalue weighted by atomic mass is 10.0. The molecule has 1 atom stereocenters. The third kappa shape index (κ3) is 4.47. The summed E-state index contributed by atoms with van der Waals surface area (Å²) in [4.78, 5) is 5.88. The van der Waals surface area contributed by atoms with Gasteiger partial charge in [-0.1, -0.05) is 13.8 Å². The molecule has 0 fully saturated rings. The van der Waals surface area contributed by atoms with Crippen molar-refractivity contribution in [2.24, 2.45) is 5.73 Å². The van der Waals surface area contributed by atoms with Gasteiger partial charge in [0.05, 0.1) is 5.56 Å². The Kier molecular flexibility index (Phi) is 5.75. The van der Waals surface area contributed by atoms with Gasteiger partial charge in [0.15, 0.2) is 0 Å². The largest absolute Gasteiger partial charge is 0.416 e. The van der Waals surface area contributed by atoms with E-state index in [-0.39, 0.29) is 5.56 Å². The molecule has 1 rings (SSSR count). The molecule has 0 bridgehead atoms. The van der Waals surface area contributed by atoms with Crippen LogP contribution in [0.25, 0.3) is 0 Å². The molecule has 0 saturated carbocycles. The van der Waals surface area contributed by atoms with Crippen molar-refractivity contribution < 1.29 is 13.2 Å². The van der Waals surface area contributed by atoms with Gasteiger partial charge in [-0.25, -0.2) is 0 Å². The normalized spacial score (nSPS) is 13.8. The Morgan fingerprint density at radius 2 is 1.95 bits per heavy atom. The highest BCUT2D eigenvalue weighted by Gasteiger charge is 2.34. The van der Waals surface area contributed by atoms with Crippen LogP contribution in [0.5, 0.6) is 0 Å². The fraction of sp³-hybridized carbons (Fsp3) is 0.615. The zero-order valence-electron chi connectivity index (χ0n) is 11.2. The highest BCUT2D eigenvalue weighted by molar-refractivity contribution is 5.29. The van der Waals surface area contributed by atoms with Crippen molar-refractivity contribution in [3.8, 4) is 0 Å². The standard InChI is InChI=1S/C13H20F3N3/c1-3-19(4-2)8-6-12(17)10-9-18-7-5-11(10)13(14,15)16/h5,7,9,12H,3-4,6,8,17H2,1-2H3. The Bertz CT molecular complexity index is 389. The number of alkyl halides is 3. The summed E-state index contributed by atoms with van der Waals surface area (Å²) in [6.07, 6.45) is -1.54. The molecule has 0 saturated heterocycles. The first-order chi connectivity index (χ1) is 8.90. The molecule has 2 N–H and O–H groups in total. The second-order valence-corrected chi connectivity index (χ2v) is 4.38. The van der Waals surface area contributed by atoms with E-state index in [1.807, 2.05) is 13.8 Å². The lowest BCUT2D eigenvalue weighted by molar-refractivity contribution is -0.138. The third-order valence-electron chi connectivity index (χ3n) is 3.21. The molecule has 1 aromatic rings. The molecule has 0 aliphatic heterocycles. The van der Waals surface area contributed by atoms with E-state index < -0.39 is 17.8 Å². The Balaban J connectivity index is 2.80. The summed E-state index contributed by atoms with van der Waals surface area (Å²) in [6.45, 7) is 6.44. The van der Waals surface area contributed by atoms with Gasteiger partial charge < -0.3 is 10.6 Å². The Labute approximate surface area is 111 Å². The summed E-state index contributed by atoms with van der Waals surface area (Å²) in [5.41, 5.74) is 5.27. The Morgan fingerprint density at radius 3 is 2.47 bits per heavy atom. The van der Waals surface area contributed by atoms with Crippen molar-refractivity contribution in [2.75, 3.05) is 19.6 Å². The van der Waals surface area contributed by atoms with Gasteiger partial charge in [-0.05, 0) is 37.7 Å². The first-order valence-corrected chi connectivity index (χ1v) is 6.39. The van der Waals surface area contributed by atoms with Gasteiger partial charge in [-0.15, -0.1) is 0 Å². The van der Waals surface area contributed by atoms with Gasteiger partial charge in [-0.2, -0.15) is 13.2 Å². The maximum absolute atomic E-state index is 12.8. The van der Waals surface area contributed by atoms with Crippen LogP contribution in [-0.2, 0) is 6.18 Å². The van der Waals surface area contributed by atoms with E-state index in [2.05, 4.69) is 9.88 Å². The Morgan fingerprint density at radius 1 is 1.32 bits per heavy atom. The molecule has 1 aromatic heterocycles. The van der Waals surface area contributed by atoms with Crippen LogP contribution in [-0.4, -0.2) is 29.5 Å². The van der Waals surface area contributed by atoms with Crippen LogP contribution in [0, 0.1) is 0 Å². The fourth-order valence-electron chi connectivity index (χ4n) is 1.98. The topological polar surface area (TPSA) is 42.1 Å². The van der Waals surface area contributed by atoms with Crippen molar-refractivity contribution in [3.05, 3.63) is 29.6 Å². The number of rotatable bonds is 6. The van der Waals surface area contributed by atoms with Crippen LogP contribution in [0.1, 0.15) is 37.4 Å². The molecule has 0 aromatic carbocycles. The summed E-state index contributed by atoms with van der Waals surface area (Å²) in [6, 6.07) is 0.331. The minimum atomic E-state index is -4.38. The van der Waals surface area contributed by atoms with E-state index in [9.17, 15) is 13.2 Å². The highest BCUT2D eigenvalue weighted by atomic mass is 19.4. The van der Waals surface area contributed by atoms with Gasteiger partial charge in [0.25, 0.3) is 0 Å². The van der Waals surface area contributed by atoms with Crippen LogP contribution in [0.15, 0.2) is 18.5 Å². The van der Waals surface area contributed by atoms with E-state index in [0.717, 1.165) is 25.4 Å². The minimum absolute atomic E-state index is 0.0714. The van der Waals surface area contributed by atoms with Crippen LogP contribution in [0.4, 0.5) is 13.2 Å². The zero-order chi connectivity index (χ0) is 14.5. The van der Waals surface area contributed by atoms with Crippen molar-refractivity contribution in [2.45, 2.75) is 32.5 Å². The maximum atomic E-state index is 12.8. The molecule has 19 heavy (non-hydrogen) atoms. The molecule has 0 spiro atoms. The molecule has 0 aliphatic rings. The number of halogens is 3. The molecule has 3 nitrogen and oxygen atoms in total. The first-order valence-electron chi connectivity index (χ1n) is 6.39. The number of pyridine rings is 1. The summed E-state index contributed by atoms with van der Waals surface area (Å²) in [5, 5.41) is 0. The molecular formula is C13H20F3N3. The van der Waals surface area contributed by atoms with E-state index in [1.54, 1.807) is 0 Å². The van der Waals surface area contributed by atoms with Crippen molar-refractivity contribution in [1.29, 1.82) is 0 Å². The van der Waals surface area contributed by atoms with E-state index in [1.165, 1.54) is 6.20 Å². The van der Waals surface area contributed by atoms with E-state index >= 15 is 0 Å². The second-order valence-electron chi connectivity index (χ2n) is 4.38. The second kappa shape index (κ2) is 6.86. The number of nitrogens with zero attached hydrogens (tertiary/aromatic N) is 2. The van der Waals surface area contributed by atoms with Gasteiger partial charge in [-0.3, -0.25) is 4.98 Å². The smallest absolute Gasteiger partial charge is 0.324 e. The summed E-state index contributed by atoms with van der Waals surface area (Å²) in [5.74, 6) is 0. The van der Waals surface area contributed by atoms with Crippen LogP contribution in [0.2, 0.25) is 0 Å². The lowest BCUT2D eigenvalue weighted by Gasteiger charge is -2.22. The van der Waals surface area contributed by atoms with Crippen molar-refractivity contribution in [1.82, 2.24) is 9.88 Å². The van der Waals surface area contributed by atoms with Crippen LogP contribution in [0.3, 0.4) is 0 Å². The maximum Gasteiger partial charge on any atom is 0.416 e. The number of hydrogen-bond acceptors (Lipinski definition) is 3. The van der Waals surface area contributed by atoms with Gasteiger partial charge in [0.1, 0.15) is 0 Å². The van der Waals surface area contributed by atoms with E-state index in [4.69, 9.17) is 5.73 Å². The van der Waals surface area contributed by atoms with Gasteiger partial charge in [0, 0.05) is 18.4 Å². The molecule has 1 unspecified atom stereocenters. The predicted octanol–water partition coefficient (Wildman–Crippen LogP) is 2.83. The molecule has 0 aliphatic carbocycles. The predicted molar refractivity (Wildman–Crippen MR) is 68.6 cm³/mol. The molecule has 108 valence electrons. The third-order valence-corrected chi connectivity index (χ3v) is 3.21. The molecule has 6 heteroatoms. The van der Waals surface area contributed by atoms with Gasteiger partial charge >= 0.3 is 6.18 Å². The van der Waals surface area contributed by atoms with E-state index in [0.29, 0.717) is 13.0 Å². The quantitative estimate of drug-likeness (QED) is 0.868. The summed E-state index contributed by atoms with van der Waals surface area (Å²) >= 11 is 0. The monoisotopic (exact) mass is 275 g/mol. The first kappa shape index (κ1) is 15.9. The number of nitrogens with two attached hydrogens (primary N) is 1. The Hall–Kier alpha value is -1.14. The summed E-state index contributed by atoms with van der Waals surface area (Å²) < 4.78 is 38.5. The van der Waals surface area contributed by atoms with Gasteiger partial charge in [0.2, 0.25) is 0 Å².